The van der Waals surface area contributed by atoms with Crippen LogP contribution >= 0.6 is 0 Å². The zero-order chi connectivity index (χ0) is 16.8. The van der Waals surface area contributed by atoms with Crippen LogP contribution in [0, 0.1) is 5.92 Å². The maximum Gasteiger partial charge on any atom is 0.223 e. The summed E-state index contributed by atoms with van der Waals surface area (Å²) in [6, 6.07) is 9.27. The van der Waals surface area contributed by atoms with Crippen molar-refractivity contribution in [3.05, 3.63) is 35.4 Å². The molecule has 1 saturated heterocycles. The Kier molecular flexibility index (Phi) is 6.64. The number of amides is 1. The van der Waals surface area contributed by atoms with E-state index in [2.05, 4.69) is 62.2 Å². The van der Waals surface area contributed by atoms with Crippen LogP contribution in [0.25, 0.3) is 0 Å². The Balaban J connectivity index is 1.79. The molecule has 0 bridgehead atoms. The molecule has 23 heavy (non-hydrogen) atoms. The van der Waals surface area contributed by atoms with Gasteiger partial charge < -0.3 is 5.32 Å². The Morgan fingerprint density at radius 2 is 1.78 bits per heavy atom. The SMILES string of the molecule is CC[C@H](C)NC(=O)C1CCN(Cc2ccc(C(C)C)cc2)CC1. The molecule has 1 aliphatic rings. The standard InChI is InChI=1S/C20H32N2O/c1-5-16(4)21-20(23)19-10-12-22(13-11-19)14-17-6-8-18(9-7-17)15(2)3/h6-9,15-16,19H,5,10-14H2,1-4H3,(H,21,23)/t16-/m0/s1. The molecule has 0 saturated carbocycles. The molecule has 1 amide bonds. The zero-order valence-electron chi connectivity index (χ0n) is 15.1. The molecular weight excluding hydrogens is 284 g/mol. The number of carbonyl (C=O) groups excluding carboxylic acids is 1. The average molecular weight is 316 g/mol. The van der Waals surface area contributed by atoms with Gasteiger partial charge in [-0.1, -0.05) is 45.0 Å². The third-order valence-corrected chi connectivity index (χ3v) is 5.01. The van der Waals surface area contributed by atoms with E-state index in [0.29, 0.717) is 12.0 Å². The normalized spacial score (nSPS) is 18.1. The van der Waals surface area contributed by atoms with E-state index < -0.39 is 0 Å². The van der Waals surface area contributed by atoms with Gasteiger partial charge in [0.15, 0.2) is 0 Å². The minimum Gasteiger partial charge on any atom is -0.353 e. The lowest BCUT2D eigenvalue weighted by molar-refractivity contribution is -0.127. The smallest absolute Gasteiger partial charge is 0.223 e. The first kappa shape index (κ1) is 18.0. The first-order valence-corrected chi connectivity index (χ1v) is 9.11. The van der Waals surface area contributed by atoms with Gasteiger partial charge in [-0.05, 0) is 56.3 Å². The minimum absolute atomic E-state index is 0.198. The van der Waals surface area contributed by atoms with Gasteiger partial charge in [0.1, 0.15) is 0 Å². The highest BCUT2D eigenvalue weighted by Gasteiger charge is 2.25. The second kappa shape index (κ2) is 8.49. The lowest BCUT2D eigenvalue weighted by atomic mass is 9.95. The number of hydrogen-bond acceptors (Lipinski definition) is 2. The fraction of sp³-hybridized carbons (Fsp3) is 0.650. The van der Waals surface area contributed by atoms with Crippen LogP contribution in [-0.4, -0.2) is 29.9 Å². The molecule has 0 spiro atoms. The van der Waals surface area contributed by atoms with Crippen molar-refractivity contribution in [3.8, 4) is 0 Å². The first-order valence-electron chi connectivity index (χ1n) is 9.11. The summed E-state index contributed by atoms with van der Waals surface area (Å²) in [5, 5.41) is 3.12. The van der Waals surface area contributed by atoms with Crippen molar-refractivity contribution >= 4 is 5.91 Å². The Hall–Kier alpha value is -1.35. The van der Waals surface area contributed by atoms with Crippen molar-refractivity contribution in [1.82, 2.24) is 10.2 Å². The number of benzene rings is 1. The highest BCUT2D eigenvalue weighted by atomic mass is 16.1. The van der Waals surface area contributed by atoms with Gasteiger partial charge in [0.2, 0.25) is 5.91 Å². The monoisotopic (exact) mass is 316 g/mol. The summed E-state index contributed by atoms with van der Waals surface area (Å²) in [6.45, 7) is 11.7. The Bertz CT molecular complexity index is 487. The van der Waals surface area contributed by atoms with Crippen LogP contribution in [0.2, 0.25) is 0 Å². The van der Waals surface area contributed by atoms with Crippen LogP contribution in [0.15, 0.2) is 24.3 Å². The van der Waals surface area contributed by atoms with Crippen molar-refractivity contribution < 1.29 is 4.79 Å². The second-order valence-electron chi connectivity index (χ2n) is 7.26. The van der Waals surface area contributed by atoms with E-state index >= 15 is 0 Å². The van der Waals surface area contributed by atoms with E-state index in [1.807, 2.05) is 0 Å². The van der Waals surface area contributed by atoms with Crippen LogP contribution in [0.5, 0.6) is 0 Å². The van der Waals surface area contributed by atoms with E-state index in [1.165, 1.54) is 11.1 Å². The van der Waals surface area contributed by atoms with Crippen LogP contribution in [-0.2, 0) is 11.3 Å². The van der Waals surface area contributed by atoms with Crippen LogP contribution in [0.1, 0.15) is 64.0 Å². The molecule has 1 N–H and O–H groups in total. The molecule has 2 rings (SSSR count). The van der Waals surface area contributed by atoms with E-state index in [9.17, 15) is 4.79 Å². The topological polar surface area (TPSA) is 32.3 Å². The van der Waals surface area contributed by atoms with Gasteiger partial charge >= 0.3 is 0 Å². The number of carbonyl (C=O) groups is 1. The number of nitrogens with zero attached hydrogens (tertiary/aromatic N) is 1. The molecule has 0 aromatic heterocycles. The zero-order valence-corrected chi connectivity index (χ0v) is 15.1. The Morgan fingerprint density at radius 1 is 1.17 bits per heavy atom. The molecule has 1 aromatic carbocycles. The summed E-state index contributed by atoms with van der Waals surface area (Å²) < 4.78 is 0. The molecule has 0 aliphatic carbocycles. The maximum absolute atomic E-state index is 12.2. The van der Waals surface area contributed by atoms with Crippen LogP contribution in [0.4, 0.5) is 0 Å². The van der Waals surface area contributed by atoms with Gasteiger partial charge in [0.05, 0.1) is 0 Å². The largest absolute Gasteiger partial charge is 0.353 e. The molecule has 1 aromatic rings. The summed E-state index contributed by atoms with van der Waals surface area (Å²) in [4.78, 5) is 14.7. The third-order valence-electron chi connectivity index (χ3n) is 5.01. The van der Waals surface area contributed by atoms with Gasteiger partial charge in [0, 0.05) is 18.5 Å². The minimum atomic E-state index is 0.198. The Morgan fingerprint density at radius 3 is 2.30 bits per heavy atom. The Labute approximate surface area is 141 Å². The van der Waals surface area contributed by atoms with E-state index in [0.717, 1.165) is 38.9 Å². The number of likely N-dealkylation sites (tertiary alicyclic amines) is 1. The fourth-order valence-corrected chi connectivity index (χ4v) is 3.08. The van der Waals surface area contributed by atoms with Gasteiger partial charge in [-0.25, -0.2) is 0 Å². The molecule has 1 atom stereocenters. The molecule has 1 fully saturated rings. The van der Waals surface area contributed by atoms with Crippen molar-refractivity contribution in [2.45, 2.75) is 65.5 Å². The molecule has 0 unspecified atom stereocenters. The highest BCUT2D eigenvalue weighted by molar-refractivity contribution is 5.79. The highest BCUT2D eigenvalue weighted by Crippen LogP contribution is 2.21. The molecule has 128 valence electrons. The van der Waals surface area contributed by atoms with E-state index in [4.69, 9.17) is 0 Å². The number of rotatable bonds is 6. The summed E-state index contributed by atoms with van der Waals surface area (Å²) in [7, 11) is 0. The predicted octanol–water partition coefficient (Wildman–Crippen LogP) is 3.94. The van der Waals surface area contributed by atoms with E-state index in [-0.39, 0.29) is 11.8 Å². The predicted molar refractivity (Wildman–Crippen MR) is 96.4 cm³/mol. The van der Waals surface area contributed by atoms with Crippen LogP contribution < -0.4 is 5.32 Å². The molecule has 1 aliphatic heterocycles. The third kappa shape index (κ3) is 5.35. The van der Waals surface area contributed by atoms with Gasteiger partial charge in [-0.15, -0.1) is 0 Å². The molecule has 3 heteroatoms. The number of hydrogen-bond donors (Lipinski definition) is 1. The van der Waals surface area contributed by atoms with Crippen molar-refractivity contribution in [2.75, 3.05) is 13.1 Å². The summed E-state index contributed by atoms with van der Waals surface area (Å²) >= 11 is 0. The second-order valence-corrected chi connectivity index (χ2v) is 7.26. The van der Waals surface area contributed by atoms with Crippen LogP contribution in [0.3, 0.4) is 0 Å². The summed E-state index contributed by atoms with van der Waals surface area (Å²) in [5.74, 6) is 1.03. The molecule has 1 heterocycles. The van der Waals surface area contributed by atoms with Crippen molar-refractivity contribution in [3.63, 3.8) is 0 Å². The van der Waals surface area contributed by atoms with E-state index in [1.54, 1.807) is 0 Å². The first-order chi connectivity index (χ1) is 11.0. The summed E-state index contributed by atoms with van der Waals surface area (Å²) in [6.07, 6.45) is 2.95. The summed E-state index contributed by atoms with van der Waals surface area (Å²) in [5.41, 5.74) is 2.77. The lowest BCUT2D eigenvalue weighted by Crippen LogP contribution is -2.42. The number of nitrogens with one attached hydrogen (secondary N) is 1. The average Bonchev–Trinajstić information content (AvgIpc) is 2.55. The molecule has 3 nitrogen and oxygen atoms in total. The molecular formula is C20H32N2O. The fourth-order valence-electron chi connectivity index (χ4n) is 3.08. The van der Waals surface area contributed by atoms with Crippen molar-refractivity contribution in [2.24, 2.45) is 5.92 Å². The lowest BCUT2D eigenvalue weighted by Gasteiger charge is -2.31. The van der Waals surface area contributed by atoms with Gasteiger partial charge in [-0.3, -0.25) is 9.69 Å². The van der Waals surface area contributed by atoms with Gasteiger partial charge in [0.25, 0.3) is 0 Å². The molecule has 0 radical (unpaired) electrons. The number of piperidine rings is 1. The van der Waals surface area contributed by atoms with Gasteiger partial charge in [-0.2, -0.15) is 0 Å². The maximum atomic E-state index is 12.2. The quantitative estimate of drug-likeness (QED) is 0.862. The van der Waals surface area contributed by atoms with Crippen molar-refractivity contribution in [1.29, 1.82) is 0 Å².